The average molecular weight is 264 g/mol. The van der Waals surface area contributed by atoms with Gasteiger partial charge in [0.15, 0.2) is 12.0 Å². The molecule has 2 aliphatic rings. The SMILES string of the molecule is CC(C)C(=O)NCCC1OC2=CC(=O)CC=C2N1C. The van der Waals surface area contributed by atoms with E-state index in [0.717, 1.165) is 5.70 Å². The maximum atomic E-state index is 11.5. The Balaban J connectivity index is 1.88. The van der Waals surface area contributed by atoms with Crippen LogP contribution in [-0.4, -0.2) is 36.4 Å². The van der Waals surface area contributed by atoms with Gasteiger partial charge in [0, 0.05) is 38.4 Å². The molecule has 1 saturated heterocycles. The molecule has 1 N–H and O–H groups in total. The Bertz CT molecular complexity index is 452. The van der Waals surface area contributed by atoms with Crippen molar-refractivity contribution < 1.29 is 14.3 Å². The molecule has 2 rings (SSSR count). The van der Waals surface area contributed by atoms with Gasteiger partial charge in [0.1, 0.15) is 5.76 Å². The number of allylic oxidation sites excluding steroid dienone is 2. The minimum absolute atomic E-state index is 0.00663. The van der Waals surface area contributed by atoms with Gasteiger partial charge in [-0.25, -0.2) is 0 Å². The Kier molecular flexibility index (Phi) is 3.93. The first-order valence-electron chi connectivity index (χ1n) is 6.61. The highest BCUT2D eigenvalue weighted by Crippen LogP contribution is 2.32. The van der Waals surface area contributed by atoms with Gasteiger partial charge in [-0.2, -0.15) is 0 Å². The predicted octanol–water partition coefficient (Wildman–Crippen LogP) is 1.18. The third-order valence-corrected chi connectivity index (χ3v) is 3.33. The fraction of sp³-hybridized carbons (Fsp3) is 0.571. The lowest BCUT2D eigenvalue weighted by atomic mass is 10.1. The van der Waals surface area contributed by atoms with Gasteiger partial charge in [0.2, 0.25) is 5.91 Å². The van der Waals surface area contributed by atoms with Crippen molar-refractivity contribution in [2.75, 3.05) is 13.6 Å². The number of nitrogens with one attached hydrogen (secondary N) is 1. The number of rotatable bonds is 4. The molecular formula is C14H20N2O3. The zero-order chi connectivity index (χ0) is 14.0. The molecule has 0 aromatic rings. The molecule has 1 fully saturated rings. The number of ether oxygens (including phenoxy) is 1. The number of nitrogens with zero attached hydrogens (tertiary/aromatic N) is 1. The maximum Gasteiger partial charge on any atom is 0.222 e. The molecule has 0 saturated carbocycles. The number of hydrogen-bond acceptors (Lipinski definition) is 4. The van der Waals surface area contributed by atoms with E-state index in [1.807, 2.05) is 31.9 Å². The van der Waals surface area contributed by atoms with Crippen LogP contribution in [0.4, 0.5) is 0 Å². The first kappa shape index (κ1) is 13.6. The van der Waals surface area contributed by atoms with Gasteiger partial charge in [-0.05, 0) is 6.08 Å². The van der Waals surface area contributed by atoms with Crippen molar-refractivity contribution in [2.45, 2.75) is 32.9 Å². The van der Waals surface area contributed by atoms with Crippen LogP contribution in [0.15, 0.2) is 23.6 Å². The topological polar surface area (TPSA) is 58.6 Å². The molecule has 5 nitrogen and oxygen atoms in total. The summed E-state index contributed by atoms with van der Waals surface area (Å²) in [6.07, 6.45) is 4.46. The normalized spacial score (nSPS) is 21.8. The van der Waals surface area contributed by atoms with E-state index in [1.54, 1.807) is 6.08 Å². The van der Waals surface area contributed by atoms with Crippen molar-refractivity contribution >= 4 is 11.7 Å². The Morgan fingerprint density at radius 2 is 2.32 bits per heavy atom. The molecule has 0 aromatic heterocycles. The highest BCUT2D eigenvalue weighted by molar-refractivity contribution is 5.93. The van der Waals surface area contributed by atoms with Crippen molar-refractivity contribution in [1.29, 1.82) is 0 Å². The van der Waals surface area contributed by atoms with E-state index in [1.165, 1.54) is 0 Å². The Morgan fingerprint density at radius 3 is 3.00 bits per heavy atom. The molecule has 0 radical (unpaired) electrons. The summed E-state index contributed by atoms with van der Waals surface area (Å²) < 4.78 is 5.74. The number of carbonyl (C=O) groups excluding carboxylic acids is 2. The van der Waals surface area contributed by atoms with Gasteiger partial charge in [0.25, 0.3) is 0 Å². The lowest BCUT2D eigenvalue weighted by Crippen LogP contribution is -2.33. The number of ketones is 1. The maximum absolute atomic E-state index is 11.5. The van der Waals surface area contributed by atoms with E-state index in [-0.39, 0.29) is 23.8 Å². The minimum atomic E-state index is -0.115. The van der Waals surface area contributed by atoms with Crippen LogP contribution in [0.1, 0.15) is 26.7 Å². The Morgan fingerprint density at radius 1 is 1.58 bits per heavy atom. The molecular weight excluding hydrogens is 244 g/mol. The molecule has 5 heteroatoms. The smallest absolute Gasteiger partial charge is 0.222 e. The summed E-state index contributed by atoms with van der Waals surface area (Å²) in [6.45, 7) is 4.30. The fourth-order valence-electron chi connectivity index (χ4n) is 2.15. The van der Waals surface area contributed by atoms with Gasteiger partial charge in [0.05, 0.1) is 5.70 Å². The molecule has 104 valence electrons. The standard InChI is InChI=1S/C14H20N2O3/c1-9(2)14(18)15-7-6-13-16(3)11-5-4-10(17)8-12(11)19-13/h5,8-9,13H,4,6-7H2,1-3H3,(H,15,18). The zero-order valence-electron chi connectivity index (χ0n) is 11.6. The quantitative estimate of drug-likeness (QED) is 0.828. The second-order valence-corrected chi connectivity index (χ2v) is 5.19. The second kappa shape index (κ2) is 5.47. The predicted molar refractivity (Wildman–Crippen MR) is 70.9 cm³/mol. The van der Waals surface area contributed by atoms with E-state index in [4.69, 9.17) is 4.74 Å². The number of amides is 1. The van der Waals surface area contributed by atoms with Crippen LogP contribution in [0.2, 0.25) is 0 Å². The number of likely N-dealkylation sites (N-methyl/N-ethyl adjacent to an activating group) is 1. The van der Waals surface area contributed by atoms with Gasteiger partial charge in [-0.3, -0.25) is 9.59 Å². The lowest BCUT2D eigenvalue weighted by molar-refractivity contribution is -0.124. The molecule has 1 amide bonds. The minimum Gasteiger partial charge on any atom is -0.468 e. The number of carbonyl (C=O) groups is 2. The first-order chi connectivity index (χ1) is 8.99. The summed E-state index contributed by atoms with van der Waals surface area (Å²) >= 11 is 0. The highest BCUT2D eigenvalue weighted by atomic mass is 16.5. The number of hydrogen-bond donors (Lipinski definition) is 1. The van der Waals surface area contributed by atoms with Crippen molar-refractivity contribution in [3.8, 4) is 0 Å². The molecule has 0 spiro atoms. The average Bonchev–Trinajstić information content (AvgIpc) is 2.65. The van der Waals surface area contributed by atoms with E-state index in [0.29, 0.717) is 25.1 Å². The second-order valence-electron chi connectivity index (χ2n) is 5.19. The largest absolute Gasteiger partial charge is 0.468 e. The van der Waals surface area contributed by atoms with E-state index < -0.39 is 0 Å². The third-order valence-electron chi connectivity index (χ3n) is 3.33. The third kappa shape index (κ3) is 2.97. The molecule has 1 heterocycles. The lowest BCUT2D eigenvalue weighted by Gasteiger charge is -2.20. The van der Waals surface area contributed by atoms with Crippen LogP contribution < -0.4 is 5.32 Å². The highest BCUT2D eigenvalue weighted by Gasteiger charge is 2.32. The van der Waals surface area contributed by atoms with Crippen LogP contribution in [0, 0.1) is 5.92 Å². The van der Waals surface area contributed by atoms with E-state index >= 15 is 0 Å². The van der Waals surface area contributed by atoms with Crippen LogP contribution in [0.3, 0.4) is 0 Å². The molecule has 1 aliphatic heterocycles. The Labute approximate surface area is 113 Å². The Hall–Kier alpha value is -1.78. The van der Waals surface area contributed by atoms with Gasteiger partial charge < -0.3 is 15.0 Å². The molecule has 1 unspecified atom stereocenters. The summed E-state index contributed by atoms with van der Waals surface area (Å²) in [6, 6.07) is 0. The van der Waals surface area contributed by atoms with Crippen LogP contribution in [0.5, 0.6) is 0 Å². The molecule has 1 atom stereocenters. The van der Waals surface area contributed by atoms with Crippen molar-refractivity contribution in [2.24, 2.45) is 5.92 Å². The summed E-state index contributed by atoms with van der Waals surface area (Å²) in [4.78, 5) is 24.8. The van der Waals surface area contributed by atoms with Crippen molar-refractivity contribution in [1.82, 2.24) is 10.2 Å². The van der Waals surface area contributed by atoms with Gasteiger partial charge in [-0.15, -0.1) is 0 Å². The van der Waals surface area contributed by atoms with Crippen molar-refractivity contribution in [3.05, 3.63) is 23.6 Å². The van der Waals surface area contributed by atoms with Crippen LogP contribution in [-0.2, 0) is 14.3 Å². The zero-order valence-corrected chi connectivity index (χ0v) is 11.6. The van der Waals surface area contributed by atoms with E-state index in [9.17, 15) is 9.59 Å². The van der Waals surface area contributed by atoms with E-state index in [2.05, 4.69) is 5.32 Å². The van der Waals surface area contributed by atoms with Crippen molar-refractivity contribution in [3.63, 3.8) is 0 Å². The molecule has 1 aliphatic carbocycles. The summed E-state index contributed by atoms with van der Waals surface area (Å²) in [5, 5.41) is 2.87. The summed E-state index contributed by atoms with van der Waals surface area (Å²) in [5.74, 6) is 0.763. The van der Waals surface area contributed by atoms with Gasteiger partial charge >= 0.3 is 0 Å². The van der Waals surface area contributed by atoms with Gasteiger partial charge in [-0.1, -0.05) is 13.8 Å². The molecule has 0 aromatic carbocycles. The molecule has 0 bridgehead atoms. The molecule has 19 heavy (non-hydrogen) atoms. The fourth-order valence-corrected chi connectivity index (χ4v) is 2.15. The van der Waals surface area contributed by atoms with Crippen LogP contribution in [0.25, 0.3) is 0 Å². The van der Waals surface area contributed by atoms with Crippen LogP contribution >= 0.6 is 0 Å². The number of fused-ring (bicyclic) bond motifs is 1. The first-order valence-corrected chi connectivity index (χ1v) is 6.61. The summed E-state index contributed by atoms with van der Waals surface area (Å²) in [7, 11) is 1.94. The summed E-state index contributed by atoms with van der Waals surface area (Å²) in [5.41, 5.74) is 0.972. The monoisotopic (exact) mass is 264 g/mol.